The third-order valence-corrected chi connectivity index (χ3v) is 7.63. The highest BCUT2D eigenvalue weighted by Crippen LogP contribution is 2.33. The Morgan fingerprint density at radius 2 is 1.94 bits per heavy atom. The zero-order valence-electron chi connectivity index (χ0n) is 20.5. The van der Waals surface area contributed by atoms with Gasteiger partial charge in [0.2, 0.25) is 5.95 Å². The van der Waals surface area contributed by atoms with Gasteiger partial charge in [0, 0.05) is 84.1 Å². The van der Waals surface area contributed by atoms with E-state index in [0.717, 1.165) is 44.6 Å². The predicted molar refractivity (Wildman–Crippen MR) is 141 cm³/mol. The first-order valence-corrected chi connectivity index (χ1v) is 12.6. The summed E-state index contributed by atoms with van der Waals surface area (Å²) in [5, 5.41) is 28.7. The van der Waals surface area contributed by atoms with Gasteiger partial charge in [0.25, 0.3) is 0 Å². The molecule has 1 aromatic carbocycles. The zero-order valence-corrected chi connectivity index (χ0v) is 22.1. The van der Waals surface area contributed by atoms with Crippen LogP contribution in [0.15, 0.2) is 41.1 Å². The molecule has 0 bridgehead atoms. The molecule has 1 saturated heterocycles. The summed E-state index contributed by atoms with van der Waals surface area (Å²) >= 11 is 3.74. The van der Waals surface area contributed by atoms with Crippen LogP contribution >= 0.6 is 15.9 Å². The molecule has 0 saturated carbocycles. The van der Waals surface area contributed by atoms with Gasteiger partial charge in [-0.25, -0.2) is 9.67 Å². The summed E-state index contributed by atoms with van der Waals surface area (Å²) in [5.74, 6) is 1.12. The minimum Gasteiger partial charge on any atom is -0.389 e. The van der Waals surface area contributed by atoms with Crippen LogP contribution in [0, 0.1) is 13.8 Å². The van der Waals surface area contributed by atoms with Gasteiger partial charge in [-0.2, -0.15) is 10.1 Å². The minimum absolute atomic E-state index is 0.448. The number of hydrogen-bond donors (Lipinski definition) is 3. The van der Waals surface area contributed by atoms with Gasteiger partial charge < -0.3 is 24.8 Å². The maximum Gasteiger partial charge on any atom is 0.229 e. The maximum absolute atomic E-state index is 9.83. The summed E-state index contributed by atoms with van der Waals surface area (Å²) in [7, 11) is 1.71. The molecule has 11 heteroatoms. The van der Waals surface area contributed by atoms with Gasteiger partial charge in [-0.1, -0.05) is 0 Å². The number of aliphatic hydroxyl groups excluding tert-OH is 2. The number of methoxy groups -OCH3 is 1. The molecule has 0 spiro atoms. The number of nitrogens with zero attached hydrogens (tertiary/aromatic N) is 6. The predicted octanol–water partition coefficient (Wildman–Crippen LogP) is 2.92. The lowest BCUT2D eigenvalue weighted by Crippen LogP contribution is -2.22. The molecule has 1 aliphatic heterocycles. The smallest absolute Gasteiger partial charge is 0.229 e. The Bertz CT molecular complexity index is 1380. The highest BCUT2D eigenvalue weighted by molar-refractivity contribution is 9.10. The fraction of sp³-hybridized carbons (Fsp3) is 0.400. The molecule has 10 nitrogen and oxygen atoms in total. The Morgan fingerprint density at radius 1 is 1.17 bits per heavy atom. The number of benzene rings is 1. The molecule has 4 heterocycles. The molecule has 1 fully saturated rings. The number of hydrogen-bond acceptors (Lipinski definition) is 8. The normalized spacial score (nSPS) is 18.4. The zero-order chi connectivity index (χ0) is 25.4. The molecule has 3 N–H and O–H groups in total. The van der Waals surface area contributed by atoms with Gasteiger partial charge in [0.15, 0.2) is 5.82 Å². The van der Waals surface area contributed by atoms with Crippen molar-refractivity contribution in [2.75, 3.05) is 32.1 Å². The molecule has 0 unspecified atom stereocenters. The van der Waals surface area contributed by atoms with Crippen LogP contribution in [0.25, 0.3) is 16.7 Å². The number of ether oxygens (including phenoxy) is 1. The number of nitrogens with one attached hydrogen (secondary N) is 1. The van der Waals surface area contributed by atoms with Crippen molar-refractivity contribution in [3.63, 3.8) is 0 Å². The Balaban J connectivity index is 1.35. The number of β-amino-alcohol motifs (C(OH)–C–C–N with tert-alkyl or cyclic N) is 2. The number of aliphatic hydroxyl groups is 2. The van der Waals surface area contributed by atoms with Crippen molar-refractivity contribution >= 4 is 38.5 Å². The molecule has 190 valence electrons. The van der Waals surface area contributed by atoms with E-state index in [4.69, 9.17) is 4.74 Å². The SMILES string of the molecule is COCCn1c(C)c(Br)c2cc(Nc3nccc(-n4cc(CN5C[C@@H](O)[C@@H](O)C5)c(C)n4)n3)ccc21. The van der Waals surface area contributed by atoms with Crippen molar-refractivity contribution in [2.45, 2.75) is 39.1 Å². The second-order valence-corrected chi connectivity index (χ2v) is 9.95. The molecular formula is C25H30BrN7O3. The van der Waals surface area contributed by atoms with Gasteiger partial charge in [-0.3, -0.25) is 4.90 Å². The average Bonchev–Trinajstić information content (AvgIpc) is 3.46. The number of anilines is 2. The quantitative estimate of drug-likeness (QED) is 0.304. The summed E-state index contributed by atoms with van der Waals surface area (Å²) in [5.41, 5.74) is 5.07. The third-order valence-electron chi connectivity index (χ3n) is 6.63. The first-order valence-electron chi connectivity index (χ1n) is 11.9. The molecule has 1 aliphatic rings. The fourth-order valence-electron chi connectivity index (χ4n) is 4.64. The standard InChI is InChI=1S/C25H30BrN7O3/c1-15-17(11-31-13-21(34)22(35)14-31)12-33(30-15)23-6-7-27-25(29-23)28-18-4-5-20-19(10-18)24(26)16(2)32(20)8-9-36-3/h4-7,10,12,21-22,34-35H,8-9,11,13-14H2,1-3H3,(H,27,28,29)/t21-,22+. The molecule has 4 aromatic rings. The summed E-state index contributed by atoms with van der Waals surface area (Å²) in [6.07, 6.45) is 2.23. The molecule has 3 aromatic heterocycles. The number of fused-ring (bicyclic) bond motifs is 1. The first-order chi connectivity index (χ1) is 17.3. The first kappa shape index (κ1) is 24.8. The number of likely N-dealkylation sites (tertiary alicyclic amines) is 1. The Morgan fingerprint density at radius 3 is 2.69 bits per heavy atom. The van der Waals surface area contributed by atoms with Gasteiger partial charge >= 0.3 is 0 Å². The molecular weight excluding hydrogens is 526 g/mol. The molecule has 0 amide bonds. The molecule has 2 atom stereocenters. The van der Waals surface area contributed by atoms with E-state index in [-0.39, 0.29) is 0 Å². The van der Waals surface area contributed by atoms with Crippen molar-refractivity contribution in [2.24, 2.45) is 0 Å². The highest BCUT2D eigenvalue weighted by atomic mass is 79.9. The monoisotopic (exact) mass is 555 g/mol. The van der Waals surface area contributed by atoms with E-state index >= 15 is 0 Å². The Hall–Kier alpha value is -2.83. The van der Waals surface area contributed by atoms with E-state index < -0.39 is 12.2 Å². The second-order valence-electron chi connectivity index (χ2n) is 9.15. The van der Waals surface area contributed by atoms with Crippen LogP contribution < -0.4 is 5.32 Å². The summed E-state index contributed by atoms with van der Waals surface area (Å²) in [6, 6.07) is 8.00. The lowest BCUT2D eigenvalue weighted by atomic mass is 10.2. The summed E-state index contributed by atoms with van der Waals surface area (Å²) < 4.78 is 10.3. The molecule has 36 heavy (non-hydrogen) atoms. The van der Waals surface area contributed by atoms with Crippen LogP contribution in [0.1, 0.15) is 17.0 Å². The van der Waals surface area contributed by atoms with E-state index in [9.17, 15) is 10.2 Å². The summed E-state index contributed by atoms with van der Waals surface area (Å²) in [4.78, 5) is 11.1. The van der Waals surface area contributed by atoms with E-state index in [2.05, 4.69) is 59.9 Å². The van der Waals surface area contributed by atoms with E-state index in [1.54, 1.807) is 18.0 Å². The van der Waals surface area contributed by atoms with Crippen molar-refractivity contribution in [3.8, 4) is 5.82 Å². The molecule has 0 radical (unpaired) electrons. The van der Waals surface area contributed by atoms with Crippen LogP contribution in [0.2, 0.25) is 0 Å². The largest absolute Gasteiger partial charge is 0.389 e. The van der Waals surface area contributed by atoms with Crippen LogP contribution in [-0.2, 0) is 17.8 Å². The van der Waals surface area contributed by atoms with Gasteiger partial charge in [0.05, 0.1) is 24.5 Å². The average molecular weight is 556 g/mol. The highest BCUT2D eigenvalue weighted by Gasteiger charge is 2.30. The van der Waals surface area contributed by atoms with Crippen LogP contribution in [-0.4, -0.2) is 78.4 Å². The Kier molecular flexibility index (Phi) is 7.09. The van der Waals surface area contributed by atoms with Crippen molar-refractivity contribution in [1.82, 2.24) is 29.2 Å². The van der Waals surface area contributed by atoms with Crippen LogP contribution in [0.3, 0.4) is 0 Å². The Labute approximate surface area is 217 Å². The van der Waals surface area contributed by atoms with Gasteiger partial charge in [0.1, 0.15) is 0 Å². The van der Waals surface area contributed by atoms with Crippen molar-refractivity contribution < 1.29 is 14.9 Å². The van der Waals surface area contributed by atoms with E-state index in [1.807, 2.05) is 30.2 Å². The third kappa shape index (κ3) is 4.89. The maximum atomic E-state index is 9.83. The fourth-order valence-corrected chi connectivity index (χ4v) is 5.17. The van der Waals surface area contributed by atoms with Crippen molar-refractivity contribution in [3.05, 3.63) is 58.1 Å². The van der Waals surface area contributed by atoms with Gasteiger partial charge in [-0.15, -0.1) is 0 Å². The van der Waals surface area contributed by atoms with Gasteiger partial charge in [-0.05, 0) is 48.0 Å². The topological polar surface area (TPSA) is 113 Å². The van der Waals surface area contributed by atoms with E-state index in [1.165, 1.54) is 0 Å². The second kappa shape index (κ2) is 10.3. The molecule has 0 aliphatic carbocycles. The van der Waals surface area contributed by atoms with Crippen LogP contribution in [0.4, 0.5) is 11.6 Å². The number of aryl methyl sites for hydroxylation is 1. The number of halogens is 1. The lowest BCUT2D eigenvalue weighted by Gasteiger charge is -2.13. The lowest BCUT2D eigenvalue weighted by molar-refractivity contribution is 0.0572. The molecule has 5 rings (SSSR count). The van der Waals surface area contributed by atoms with Crippen molar-refractivity contribution in [1.29, 1.82) is 0 Å². The minimum atomic E-state index is -0.705. The number of aromatic nitrogens is 5. The van der Waals surface area contributed by atoms with E-state index in [0.29, 0.717) is 38.0 Å². The summed E-state index contributed by atoms with van der Waals surface area (Å²) in [6.45, 7) is 6.97. The number of rotatable bonds is 8. The van der Waals surface area contributed by atoms with Crippen LogP contribution in [0.5, 0.6) is 0 Å².